The van der Waals surface area contributed by atoms with Crippen molar-refractivity contribution in [3.05, 3.63) is 65.0 Å². The molecular formula is C23H20N2O5S2. The summed E-state index contributed by atoms with van der Waals surface area (Å²) in [6.45, 7) is -0.0853. The van der Waals surface area contributed by atoms with Crippen molar-refractivity contribution in [2.75, 3.05) is 20.8 Å². The Labute approximate surface area is 192 Å². The summed E-state index contributed by atoms with van der Waals surface area (Å²) in [5.41, 5.74) is 1.76. The number of fused-ring (bicyclic) bond motifs is 1. The molecule has 9 heteroatoms. The number of carbonyl (C=O) groups is 2. The quantitative estimate of drug-likeness (QED) is 0.383. The SMILES string of the molecule is COc1ccc(CNC(=O)COC(=O)c2ccc(-c3nc4ccccc4s3)s2)cc1OC. The van der Waals surface area contributed by atoms with E-state index >= 15 is 0 Å². The van der Waals surface area contributed by atoms with Gasteiger partial charge in [0.05, 0.1) is 29.3 Å². The van der Waals surface area contributed by atoms with Gasteiger partial charge in [-0.2, -0.15) is 0 Å². The van der Waals surface area contributed by atoms with Crippen LogP contribution in [0.15, 0.2) is 54.6 Å². The van der Waals surface area contributed by atoms with Crippen LogP contribution in [0.3, 0.4) is 0 Å². The van der Waals surface area contributed by atoms with Gasteiger partial charge in [-0.1, -0.05) is 18.2 Å². The number of esters is 1. The molecule has 0 saturated carbocycles. The van der Waals surface area contributed by atoms with Crippen molar-refractivity contribution in [3.8, 4) is 21.4 Å². The van der Waals surface area contributed by atoms with Crippen molar-refractivity contribution in [2.24, 2.45) is 0 Å². The number of aromatic nitrogens is 1. The summed E-state index contributed by atoms with van der Waals surface area (Å²) in [5, 5.41) is 3.57. The van der Waals surface area contributed by atoms with Crippen LogP contribution in [0.5, 0.6) is 11.5 Å². The number of nitrogens with zero attached hydrogens (tertiary/aromatic N) is 1. The second-order valence-corrected chi connectivity index (χ2v) is 8.81. The molecule has 0 bridgehead atoms. The van der Waals surface area contributed by atoms with E-state index < -0.39 is 11.9 Å². The van der Waals surface area contributed by atoms with Crippen molar-refractivity contribution in [1.29, 1.82) is 0 Å². The van der Waals surface area contributed by atoms with Gasteiger partial charge in [0, 0.05) is 6.54 Å². The van der Waals surface area contributed by atoms with Gasteiger partial charge in [-0.25, -0.2) is 9.78 Å². The van der Waals surface area contributed by atoms with Crippen molar-refractivity contribution < 1.29 is 23.8 Å². The van der Waals surface area contributed by atoms with E-state index in [0.29, 0.717) is 16.4 Å². The van der Waals surface area contributed by atoms with Crippen LogP contribution in [0.2, 0.25) is 0 Å². The second kappa shape index (κ2) is 9.80. The number of thiophene rings is 1. The summed E-state index contributed by atoms with van der Waals surface area (Å²) in [5.74, 6) is 0.254. The minimum absolute atomic E-state index is 0.275. The molecule has 1 N–H and O–H groups in total. The highest BCUT2D eigenvalue weighted by Crippen LogP contribution is 2.34. The highest BCUT2D eigenvalue weighted by molar-refractivity contribution is 7.26. The molecule has 4 rings (SSSR count). The fraction of sp³-hybridized carbons (Fsp3) is 0.174. The van der Waals surface area contributed by atoms with E-state index in [9.17, 15) is 9.59 Å². The fourth-order valence-corrected chi connectivity index (χ4v) is 4.90. The van der Waals surface area contributed by atoms with Crippen LogP contribution in [0.4, 0.5) is 0 Å². The standard InChI is InChI=1S/C23H20N2O5S2/c1-28-16-8-7-14(11-17(16)29-2)12-24-21(26)13-30-23(27)20-10-9-19(31-20)22-25-15-5-3-4-6-18(15)32-22/h3-11H,12-13H2,1-2H3,(H,24,26). The third-order valence-electron chi connectivity index (χ3n) is 4.58. The first kappa shape index (κ1) is 21.8. The van der Waals surface area contributed by atoms with Crippen LogP contribution in [0, 0.1) is 0 Å². The molecule has 0 aliphatic rings. The zero-order chi connectivity index (χ0) is 22.5. The number of ether oxygens (including phenoxy) is 3. The number of para-hydroxylation sites is 1. The Morgan fingerprint density at radius 2 is 1.78 bits per heavy atom. The number of benzene rings is 2. The van der Waals surface area contributed by atoms with Crippen LogP contribution in [-0.4, -0.2) is 37.7 Å². The Bertz CT molecular complexity index is 1230. The molecule has 0 fully saturated rings. The molecule has 0 unspecified atom stereocenters. The van der Waals surface area contributed by atoms with E-state index in [1.54, 1.807) is 43.8 Å². The van der Waals surface area contributed by atoms with Crippen molar-refractivity contribution in [3.63, 3.8) is 0 Å². The van der Waals surface area contributed by atoms with Crippen molar-refractivity contribution >= 4 is 44.8 Å². The molecule has 0 spiro atoms. The van der Waals surface area contributed by atoms with E-state index in [1.807, 2.05) is 36.4 Å². The van der Waals surface area contributed by atoms with Crippen LogP contribution >= 0.6 is 22.7 Å². The lowest BCUT2D eigenvalue weighted by molar-refractivity contribution is -0.124. The average molecular weight is 469 g/mol. The number of amides is 1. The topological polar surface area (TPSA) is 86.8 Å². The zero-order valence-corrected chi connectivity index (χ0v) is 19.0. The lowest BCUT2D eigenvalue weighted by Gasteiger charge is -2.10. The number of methoxy groups -OCH3 is 2. The molecule has 164 valence electrons. The van der Waals surface area contributed by atoms with E-state index in [0.717, 1.165) is 25.7 Å². The van der Waals surface area contributed by atoms with Crippen LogP contribution < -0.4 is 14.8 Å². The molecule has 2 heterocycles. The highest BCUT2D eigenvalue weighted by atomic mass is 32.1. The Balaban J connectivity index is 1.30. The van der Waals surface area contributed by atoms with E-state index in [-0.39, 0.29) is 13.2 Å². The summed E-state index contributed by atoms with van der Waals surface area (Å²) < 4.78 is 16.7. The predicted molar refractivity (Wildman–Crippen MR) is 125 cm³/mol. The van der Waals surface area contributed by atoms with Gasteiger partial charge in [-0.05, 0) is 42.0 Å². The molecule has 0 radical (unpaired) electrons. The number of nitrogens with one attached hydrogen (secondary N) is 1. The molecule has 4 aromatic rings. The predicted octanol–water partition coefficient (Wildman–Crippen LogP) is 4.52. The molecule has 0 aliphatic carbocycles. The van der Waals surface area contributed by atoms with Gasteiger partial charge < -0.3 is 19.5 Å². The number of thiazole rings is 1. The maximum atomic E-state index is 12.4. The van der Waals surface area contributed by atoms with Gasteiger partial charge in [0.25, 0.3) is 5.91 Å². The largest absolute Gasteiger partial charge is 0.493 e. The Morgan fingerprint density at radius 3 is 2.56 bits per heavy atom. The van der Waals surface area contributed by atoms with Crippen LogP contribution in [0.1, 0.15) is 15.2 Å². The summed E-state index contributed by atoms with van der Waals surface area (Å²) in [6.07, 6.45) is 0. The van der Waals surface area contributed by atoms with Crippen molar-refractivity contribution in [2.45, 2.75) is 6.54 Å². The van der Waals surface area contributed by atoms with E-state index in [1.165, 1.54) is 11.3 Å². The number of rotatable bonds is 8. The molecule has 0 saturated heterocycles. The smallest absolute Gasteiger partial charge is 0.348 e. The monoisotopic (exact) mass is 468 g/mol. The maximum Gasteiger partial charge on any atom is 0.348 e. The third kappa shape index (κ3) is 4.90. The first-order valence-corrected chi connectivity index (χ1v) is 11.3. The highest BCUT2D eigenvalue weighted by Gasteiger charge is 2.16. The zero-order valence-electron chi connectivity index (χ0n) is 17.4. The summed E-state index contributed by atoms with van der Waals surface area (Å²) >= 11 is 2.86. The average Bonchev–Trinajstić information content (AvgIpc) is 3.48. The molecule has 0 aliphatic heterocycles. The Morgan fingerprint density at radius 1 is 0.969 bits per heavy atom. The lowest BCUT2D eigenvalue weighted by Crippen LogP contribution is -2.28. The first-order valence-electron chi connectivity index (χ1n) is 9.68. The van der Waals surface area contributed by atoms with Gasteiger partial charge in [0.1, 0.15) is 9.88 Å². The normalized spacial score (nSPS) is 10.7. The molecule has 32 heavy (non-hydrogen) atoms. The fourth-order valence-electron chi connectivity index (χ4n) is 2.98. The van der Waals surface area contributed by atoms with Crippen LogP contribution in [0.25, 0.3) is 20.1 Å². The molecule has 0 atom stereocenters. The maximum absolute atomic E-state index is 12.4. The third-order valence-corrected chi connectivity index (χ3v) is 6.85. The van der Waals surface area contributed by atoms with E-state index in [2.05, 4.69) is 10.3 Å². The van der Waals surface area contributed by atoms with Crippen LogP contribution in [-0.2, 0) is 16.1 Å². The van der Waals surface area contributed by atoms with E-state index in [4.69, 9.17) is 14.2 Å². The molecule has 1 amide bonds. The minimum Gasteiger partial charge on any atom is -0.493 e. The molecular weight excluding hydrogens is 448 g/mol. The summed E-state index contributed by atoms with van der Waals surface area (Å²) in [7, 11) is 3.11. The number of carbonyl (C=O) groups excluding carboxylic acids is 2. The van der Waals surface area contributed by atoms with Gasteiger partial charge in [-0.3, -0.25) is 4.79 Å². The summed E-state index contributed by atoms with van der Waals surface area (Å²) in [6, 6.07) is 16.8. The number of hydrogen-bond donors (Lipinski definition) is 1. The molecule has 2 aromatic carbocycles. The first-order chi connectivity index (χ1) is 15.6. The van der Waals surface area contributed by atoms with Gasteiger partial charge >= 0.3 is 5.97 Å². The van der Waals surface area contributed by atoms with Crippen molar-refractivity contribution in [1.82, 2.24) is 10.3 Å². The lowest BCUT2D eigenvalue weighted by atomic mass is 10.2. The molecule has 7 nitrogen and oxygen atoms in total. The Hall–Kier alpha value is -3.43. The van der Waals surface area contributed by atoms with Gasteiger partial charge in [0.2, 0.25) is 0 Å². The second-order valence-electron chi connectivity index (χ2n) is 6.69. The molecule has 2 aromatic heterocycles. The summed E-state index contributed by atoms with van der Waals surface area (Å²) in [4.78, 5) is 30.4. The minimum atomic E-state index is -0.538. The Kier molecular flexibility index (Phi) is 6.67. The van der Waals surface area contributed by atoms with Gasteiger partial charge in [0.15, 0.2) is 18.1 Å². The number of hydrogen-bond acceptors (Lipinski definition) is 8. The van der Waals surface area contributed by atoms with Gasteiger partial charge in [-0.15, -0.1) is 22.7 Å².